The van der Waals surface area contributed by atoms with E-state index in [0.29, 0.717) is 13.0 Å². The zero-order valence-corrected chi connectivity index (χ0v) is 16.9. The van der Waals surface area contributed by atoms with E-state index in [4.69, 9.17) is 5.73 Å². The highest BCUT2D eigenvalue weighted by atomic mass is 16.2. The van der Waals surface area contributed by atoms with Crippen LogP contribution in [-0.4, -0.2) is 77.2 Å². The lowest BCUT2D eigenvalue weighted by Gasteiger charge is -2.35. The molecule has 3 aliphatic heterocycles. The molecule has 3 heterocycles. The van der Waals surface area contributed by atoms with Gasteiger partial charge in [0.05, 0.1) is 0 Å². The first-order valence-corrected chi connectivity index (χ1v) is 10.4. The van der Waals surface area contributed by atoms with Gasteiger partial charge in [-0.15, -0.1) is 0 Å². The Kier molecular flexibility index (Phi) is 5.67. The summed E-state index contributed by atoms with van der Waals surface area (Å²) in [5, 5.41) is 2.36. The standard InChI is InChI=1S/C21H29N5O3/c1-14(22)11-24-7-9-25(10-8-24)12-15-3-2-4-16-13-26(21(29)19(15)16)17-5-6-18(27)23-20(17)28/h2-4,14,17H,5-13,22H2,1H3,(H,23,27,28)/t14-,17?/m1/s1. The SMILES string of the molecule is C[C@@H](N)CN1CCN(Cc2cccc3c2C(=O)N(C2CCC(=O)NC2=O)C3)CC1. The number of hydrogen-bond donors (Lipinski definition) is 2. The van der Waals surface area contributed by atoms with Crippen LogP contribution in [0.3, 0.4) is 0 Å². The molecular formula is C21H29N5O3. The van der Waals surface area contributed by atoms with Crippen molar-refractivity contribution in [3.8, 4) is 0 Å². The fourth-order valence-electron chi connectivity index (χ4n) is 4.60. The van der Waals surface area contributed by atoms with E-state index in [1.54, 1.807) is 4.90 Å². The lowest BCUT2D eigenvalue weighted by atomic mass is 10.0. The third-order valence-corrected chi connectivity index (χ3v) is 6.04. The number of nitrogens with zero attached hydrogens (tertiary/aromatic N) is 3. The Labute approximate surface area is 171 Å². The summed E-state index contributed by atoms with van der Waals surface area (Å²) in [4.78, 5) is 43.2. The van der Waals surface area contributed by atoms with Crippen LogP contribution in [0.15, 0.2) is 18.2 Å². The van der Waals surface area contributed by atoms with E-state index in [2.05, 4.69) is 15.1 Å². The third kappa shape index (κ3) is 4.19. The number of nitrogens with two attached hydrogens (primary N) is 1. The van der Waals surface area contributed by atoms with Crippen LogP contribution in [0, 0.1) is 0 Å². The fraction of sp³-hybridized carbons (Fsp3) is 0.571. The van der Waals surface area contributed by atoms with Crippen LogP contribution >= 0.6 is 0 Å². The monoisotopic (exact) mass is 399 g/mol. The number of carbonyl (C=O) groups is 3. The molecule has 3 amide bonds. The number of nitrogens with one attached hydrogen (secondary N) is 1. The zero-order valence-electron chi connectivity index (χ0n) is 16.9. The van der Waals surface area contributed by atoms with Crippen LogP contribution in [0.2, 0.25) is 0 Å². The second-order valence-electron chi connectivity index (χ2n) is 8.41. The minimum absolute atomic E-state index is 0.0966. The second kappa shape index (κ2) is 8.22. The highest BCUT2D eigenvalue weighted by molar-refractivity contribution is 6.05. The molecule has 0 spiro atoms. The number of rotatable bonds is 5. The van der Waals surface area contributed by atoms with Crippen LogP contribution in [0.5, 0.6) is 0 Å². The lowest BCUT2D eigenvalue weighted by Crippen LogP contribution is -2.52. The molecule has 29 heavy (non-hydrogen) atoms. The van der Waals surface area contributed by atoms with E-state index < -0.39 is 6.04 Å². The van der Waals surface area contributed by atoms with Crippen LogP contribution in [0.25, 0.3) is 0 Å². The quantitative estimate of drug-likeness (QED) is 0.672. The molecule has 3 aliphatic rings. The van der Waals surface area contributed by atoms with Gasteiger partial charge < -0.3 is 10.6 Å². The van der Waals surface area contributed by atoms with E-state index in [0.717, 1.165) is 56.0 Å². The summed E-state index contributed by atoms with van der Waals surface area (Å²) in [6.07, 6.45) is 0.663. The largest absolute Gasteiger partial charge is 0.327 e. The topological polar surface area (TPSA) is 99.0 Å². The van der Waals surface area contributed by atoms with Crippen molar-refractivity contribution >= 4 is 17.7 Å². The Morgan fingerprint density at radius 3 is 2.55 bits per heavy atom. The number of imide groups is 1. The molecule has 2 saturated heterocycles. The van der Waals surface area contributed by atoms with Gasteiger partial charge in [0.1, 0.15) is 6.04 Å². The Hall–Kier alpha value is -2.29. The first-order valence-electron chi connectivity index (χ1n) is 10.4. The minimum atomic E-state index is -0.567. The predicted octanol–water partition coefficient (Wildman–Crippen LogP) is -0.0876. The number of piperazine rings is 1. The van der Waals surface area contributed by atoms with Crippen LogP contribution in [0.1, 0.15) is 41.3 Å². The van der Waals surface area contributed by atoms with E-state index in [9.17, 15) is 14.4 Å². The molecule has 0 saturated carbocycles. The van der Waals surface area contributed by atoms with Gasteiger partial charge in [-0.3, -0.25) is 29.5 Å². The molecule has 0 aromatic heterocycles. The first kappa shape index (κ1) is 20.0. The molecule has 1 aromatic carbocycles. The molecule has 3 N–H and O–H groups in total. The lowest BCUT2D eigenvalue weighted by molar-refractivity contribution is -0.136. The number of hydrogen-bond acceptors (Lipinski definition) is 6. The van der Waals surface area contributed by atoms with E-state index in [1.165, 1.54) is 0 Å². The summed E-state index contributed by atoms with van der Waals surface area (Å²) in [5.74, 6) is -0.728. The number of piperidine rings is 1. The molecular weight excluding hydrogens is 370 g/mol. The van der Waals surface area contributed by atoms with Crippen molar-refractivity contribution in [2.45, 2.75) is 44.9 Å². The summed E-state index contributed by atoms with van der Waals surface area (Å²) in [6, 6.07) is 5.57. The van der Waals surface area contributed by atoms with Gasteiger partial charge >= 0.3 is 0 Å². The molecule has 2 fully saturated rings. The van der Waals surface area contributed by atoms with Crippen molar-refractivity contribution in [2.24, 2.45) is 5.73 Å². The summed E-state index contributed by atoms with van der Waals surface area (Å²) in [5.41, 5.74) is 8.62. The van der Waals surface area contributed by atoms with Crippen molar-refractivity contribution < 1.29 is 14.4 Å². The van der Waals surface area contributed by atoms with Crippen LogP contribution < -0.4 is 11.1 Å². The normalized spacial score (nSPS) is 24.6. The summed E-state index contributed by atoms with van der Waals surface area (Å²) in [6.45, 7) is 7.94. The Bertz CT molecular complexity index is 817. The van der Waals surface area contributed by atoms with Gasteiger partial charge in [-0.2, -0.15) is 0 Å². The van der Waals surface area contributed by atoms with E-state index in [-0.39, 0.29) is 30.2 Å². The smallest absolute Gasteiger partial charge is 0.255 e. The number of benzene rings is 1. The average Bonchev–Trinajstić information content (AvgIpc) is 3.00. The maximum Gasteiger partial charge on any atom is 0.255 e. The zero-order chi connectivity index (χ0) is 20.5. The van der Waals surface area contributed by atoms with E-state index in [1.807, 2.05) is 25.1 Å². The van der Waals surface area contributed by atoms with Crippen molar-refractivity contribution in [1.29, 1.82) is 0 Å². The highest BCUT2D eigenvalue weighted by Gasteiger charge is 2.40. The Balaban J connectivity index is 1.44. The number of amides is 3. The van der Waals surface area contributed by atoms with Gasteiger partial charge in [-0.05, 0) is 24.5 Å². The van der Waals surface area contributed by atoms with Crippen molar-refractivity contribution in [1.82, 2.24) is 20.0 Å². The van der Waals surface area contributed by atoms with Gasteiger partial charge in [0.15, 0.2) is 0 Å². The van der Waals surface area contributed by atoms with Crippen molar-refractivity contribution in [3.63, 3.8) is 0 Å². The van der Waals surface area contributed by atoms with Gasteiger partial charge in [0.25, 0.3) is 5.91 Å². The summed E-state index contributed by atoms with van der Waals surface area (Å²) >= 11 is 0. The molecule has 0 aliphatic carbocycles. The molecule has 156 valence electrons. The van der Waals surface area contributed by atoms with Gasteiger partial charge in [-0.25, -0.2) is 0 Å². The van der Waals surface area contributed by atoms with Crippen LogP contribution in [-0.2, 0) is 22.7 Å². The molecule has 8 nitrogen and oxygen atoms in total. The molecule has 8 heteroatoms. The van der Waals surface area contributed by atoms with Gasteiger partial charge in [0.2, 0.25) is 11.8 Å². The molecule has 4 rings (SSSR count). The molecule has 1 aromatic rings. The van der Waals surface area contributed by atoms with E-state index >= 15 is 0 Å². The van der Waals surface area contributed by atoms with Gasteiger partial charge in [-0.1, -0.05) is 18.2 Å². The summed E-state index contributed by atoms with van der Waals surface area (Å²) in [7, 11) is 0. The average molecular weight is 399 g/mol. The molecule has 1 unspecified atom stereocenters. The van der Waals surface area contributed by atoms with Crippen LogP contribution in [0.4, 0.5) is 0 Å². The number of carbonyl (C=O) groups excluding carboxylic acids is 3. The first-order chi connectivity index (χ1) is 13.9. The maximum absolute atomic E-state index is 13.2. The van der Waals surface area contributed by atoms with Gasteiger partial charge in [0, 0.05) is 63.8 Å². The summed E-state index contributed by atoms with van der Waals surface area (Å²) < 4.78 is 0. The number of fused-ring (bicyclic) bond motifs is 1. The molecule has 2 atom stereocenters. The predicted molar refractivity (Wildman–Crippen MR) is 108 cm³/mol. The molecule has 0 radical (unpaired) electrons. The highest BCUT2D eigenvalue weighted by Crippen LogP contribution is 2.30. The minimum Gasteiger partial charge on any atom is -0.327 e. The molecule has 0 bridgehead atoms. The maximum atomic E-state index is 13.2. The fourth-order valence-corrected chi connectivity index (χ4v) is 4.60. The third-order valence-electron chi connectivity index (χ3n) is 6.04. The Morgan fingerprint density at radius 2 is 1.86 bits per heavy atom. The Morgan fingerprint density at radius 1 is 1.14 bits per heavy atom. The second-order valence-corrected chi connectivity index (χ2v) is 8.41. The van der Waals surface area contributed by atoms with Crippen molar-refractivity contribution in [2.75, 3.05) is 32.7 Å². The van der Waals surface area contributed by atoms with Crippen molar-refractivity contribution in [3.05, 3.63) is 34.9 Å².